The van der Waals surface area contributed by atoms with Crippen LogP contribution in [0.15, 0.2) is 17.1 Å². The van der Waals surface area contributed by atoms with Gasteiger partial charge < -0.3 is 10.3 Å². The zero-order valence-corrected chi connectivity index (χ0v) is 10.2. The molecule has 0 aromatic carbocycles. The number of amides is 1. The van der Waals surface area contributed by atoms with Gasteiger partial charge in [0.2, 0.25) is 0 Å². The molecule has 2 unspecified atom stereocenters. The second-order valence-electron chi connectivity index (χ2n) is 4.64. The number of hydrogen-bond donors (Lipinski definition) is 2. The van der Waals surface area contributed by atoms with Crippen LogP contribution in [0.1, 0.15) is 35.3 Å². The second-order valence-corrected chi connectivity index (χ2v) is 4.64. The summed E-state index contributed by atoms with van der Waals surface area (Å²) < 4.78 is 0. The van der Waals surface area contributed by atoms with E-state index in [-0.39, 0.29) is 23.0 Å². The molecule has 1 heterocycles. The molecule has 2 atom stereocenters. The molecule has 1 aliphatic rings. The first-order valence-electron chi connectivity index (χ1n) is 6.01. The van der Waals surface area contributed by atoms with Gasteiger partial charge in [0.1, 0.15) is 5.56 Å². The Bertz CT molecular complexity index is 556. The fourth-order valence-electron chi connectivity index (χ4n) is 2.28. The molecule has 5 heteroatoms. The molecule has 0 radical (unpaired) electrons. The minimum Gasteiger partial charge on any atom is -0.364 e. The molecule has 2 rings (SSSR count). The van der Waals surface area contributed by atoms with E-state index in [1.54, 1.807) is 6.92 Å². The monoisotopic (exact) mass is 245 g/mol. The zero-order valence-electron chi connectivity index (χ0n) is 10.2. The molecule has 1 aliphatic carbocycles. The zero-order chi connectivity index (χ0) is 13.1. The van der Waals surface area contributed by atoms with E-state index in [4.69, 9.17) is 5.26 Å². The molecule has 5 nitrogen and oxygen atoms in total. The largest absolute Gasteiger partial charge is 0.364 e. The van der Waals surface area contributed by atoms with Crippen LogP contribution in [0.5, 0.6) is 0 Å². The first kappa shape index (κ1) is 12.4. The number of nitrogens with zero attached hydrogens (tertiary/aromatic N) is 1. The average molecular weight is 245 g/mol. The lowest BCUT2D eigenvalue weighted by Crippen LogP contribution is -2.39. The maximum absolute atomic E-state index is 12.0. The number of rotatable bonds is 2. The predicted molar refractivity (Wildman–Crippen MR) is 66.0 cm³/mol. The maximum Gasteiger partial charge on any atom is 0.257 e. The van der Waals surface area contributed by atoms with Gasteiger partial charge in [0.05, 0.1) is 12.0 Å². The highest BCUT2D eigenvalue weighted by Crippen LogP contribution is 2.24. The molecule has 0 spiro atoms. The molecule has 0 aliphatic heterocycles. The molecular formula is C13H15N3O2. The molecule has 18 heavy (non-hydrogen) atoms. The summed E-state index contributed by atoms with van der Waals surface area (Å²) in [5.41, 5.74) is 0.520. The Balaban J connectivity index is 2.13. The molecule has 1 aromatic heterocycles. The van der Waals surface area contributed by atoms with Crippen molar-refractivity contribution < 1.29 is 4.79 Å². The van der Waals surface area contributed by atoms with Gasteiger partial charge in [0, 0.05) is 24.0 Å². The Labute approximate surface area is 105 Å². The van der Waals surface area contributed by atoms with Crippen LogP contribution in [0.2, 0.25) is 0 Å². The third kappa shape index (κ3) is 2.43. The summed E-state index contributed by atoms with van der Waals surface area (Å²) in [5, 5.41) is 11.7. The molecule has 1 amide bonds. The van der Waals surface area contributed by atoms with Crippen molar-refractivity contribution in [2.45, 2.75) is 32.2 Å². The SMILES string of the molecule is Cc1cc(=O)c(C(=O)NC2CCCC2C#N)c[nH]1. The van der Waals surface area contributed by atoms with Crippen molar-refractivity contribution in [1.82, 2.24) is 10.3 Å². The van der Waals surface area contributed by atoms with E-state index < -0.39 is 5.91 Å². The minimum absolute atomic E-state index is 0.101. The third-order valence-electron chi connectivity index (χ3n) is 3.30. The topological polar surface area (TPSA) is 85.8 Å². The highest BCUT2D eigenvalue weighted by Gasteiger charge is 2.29. The van der Waals surface area contributed by atoms with Gasteiger partial charge in [0.25, 0.3) is 5.91 Å². The lowest BCUT2D eigenvalue weighted by Gasteiger charge is -2.15. The fourth-order valence-corrected chi connectivity index (χ4v) is 2.28. The number of aromatic nitrogens is 1. The van der Waals surface area contributed by atoms with Gasteiger partial charge in [-0.2, -0.15) is 5.26 Å². The van der Waals surface area contributed by atoms with E-state index in [2.05, 4.69) is 16.4 Å². The summed E-state index contributed by atoms with van der Waals surface area (Å²) in [6.45, 7) is 1.76. The number of aryl methyl sites for hydroxylation is 1. The highest BCUT2D eigenvalue weighted by atomic mass is 16.2. The first-order valence-corrected chi connectivity index (χ1v) is 6.01. The Morgan fingerprint density at radius 3 is 3.00 bits per heavy atom. The van der Waals surface area contributed by atoms with E-state index >= 15 is 0 Å². The van der Waals surface area contributed by atoms with Gasteiger partial charge in [-0.3, -0.25) is 9.59 Å². The van der Waals surface area contributed by atoms with Crippen molar-refractivity contribution in [1.29, 1.82) is 5.26 Å². The van der Waals surface area contributed by atoms with Crippen LogP contribution in [0.25, 0.3) is 0 Å². The minimum atomic E-state index is -0.400. The van der Waals surface area contributed by atoms with Crippen molar-refractivity contribution in [3.05, 3.63) is 33.7 Å². The summed E-state index contributed by atoms with van der Waals surface area (Å²) in [7, 11) is 0. The Kier molecular flexibility index (Phi) is 3.47. The van der Waals surface area contributed by atoms with Crippen LogP contribution < -0.4 is 10.7 Å². The first-order chi connectivity index (χ1) is 8.61. The van der Waals surface area contributed by atoms with Crippen molar-refractivity contribution in [3.8, 4) is 6.07 Å². The summed E-state index contributed by atoms with van der Waals surface area (Å²) in [6, 6.07) is 3.45. The number of carbonyl (C=O) groups excluding carboxylic acids is 1. The summed E-state index contributed by atoms with van der Waals surface area (Å²) in [4.78, 5) is 26.5. The van der Waals surface area contributed by atoms with Crippen LogP contribution in [0, 0.1) is 24.2 Å². The van der Waals surface area contributed by atoms with Gasteiger partial charge in [-0.1, -0.05) is 0 Å². The lowest BCUT2D eigenvalue weighted by atomic mass is 10.1. The van der Waals surface area contributed by atoms with Crippen molar-refractivity contribution in [2.24, 2.45) is 5.92 Å². The number of pyridine rings is 1. The summed E-state index contributed by atoms with van der Waals surface area (Å²) in [6.07, 6.45) is 3.97. The predicted octanol–water partition coefficient (Wildman–Crippen LogP) is 1.11. The number of H-pyrrole nitrogens is 1. The molecule has 0 saturated heterocycles. The quantitative estimate of drug-likeness (QED) is 0.818. The van der Waals surface area contributed by atoms with Crippen LogP contribution >= 0.6 is 0 Å². The summed E-state index contributed by atoms with van der Waals surface area (Å²) >= 11 is 0. The Morgan fingerprint density at radius 2 is 2.33 bits per heavy atom. The molecule has 2 N–H and O–H groups in total. The summed E-state index contributed by atoms with van der Waals surface area (Å²) in [5.74, 6) is -0.540. The number of nitrogens with one attached hydrogen (secondary N) is 2. The number of carbonyl (C=O) groups is 1. The van der Waals surface area contributed by atoms with Crippen molar-refractivity contribution in [3.63, 3.8) is 0 Å². The van der Waals surface area contributed by atoms with Gasteiger partial charge in [0.15, 0.2) is 5.43 Å². The molecule has 1 aromatic rings. The van der Waals surface area contributed by atoms with E-state index in [1.807, 2.05) is 0 Å². The van der Waals surface area contributed by atoms with Gasteiger partial charge >= 0.3 is 0 Å². The standard InChI is InChI=1S/C13H15N3O2/c1-8-5-12(17)10(7-15-8)13(18)16-11-4-2-3-9(11)6-14/h5,7,9,11H,2-4H2,1H3,(H,15,17)(H,16,18). The van der Waals surface area contributed by atoms with Gasteiger partial charge in [-0.15, -0.1) is 0 Å². The lowest BCUT2D eigenvalue weighted by molar-refractivity contribution is 0.0931. The molecular weight excluding hydrogens is 230 g/mol. The second kappa shape index (κ2) is 5.05. The fraction of sp³-hybridized carbons (Fsp3) is 0.462. The third-order valence-corrected chi connectivity index (χ3v) is 3.30. The highest BCUT2D eigenvalue weighted by molar-refractivity contribution is 5.94. The normalized spacial score (nSPS) is 22.4. The van der Waals surface area contributed by atoms with Crippen molar-refractivity contribution >= 4 is 5.91 Å². The van der Waals surface area contributed by atoms with Gasteiger partial charge in [-0.05, 0) is 26.2 Å². The van der Waals surface area contributed by atoms with Crippen molar-refractivity contribution in [2.75, 3.05) is 0 Å². The number of hydrogen-bond acceptors (Lipinski definition) is 3. The molecule has 94 valence electrons. The maximum atomic E-state index is 12.0. The number of nitriles is 1. The van der Waals surface area contributed by atoms with Crippen LogP contribution in [-0.4, -0.2) is 16.9 Å². The molecule has 1 fully saturated rings. The number of aromatic amines is 1. The Morgan fingerprint density at radius 1 is 1.56 bits per heavy atom. The van der Waals surface area contributed by atoms with E-state index in [1.165, 1.54) is 12.3 Å². The van der Waals surface area contributed by atoms with Gasteiger partial charge in [-0.25, -0.2) is 0 Å². The molecule has 0 bridgehead atoms. The average Bonchev–Trinajstić information content (AvgIpc) is 2.76. The molecule has 1 saturated carbocycles. The van der Waals surface area contributed by atoms with E-state index in [9.17, 15) is 9.59 Å². The van der Waals surface area contributed by atoms with Crippen LogP contribution in [-0.2, 0) is 0 Å². The van der Waals surface area contributed by atoms with E-state index in [0.717, 1.165) is 19.3 Å². The smallest absolute Gasteiger partial charge is 0.257 e. The van der Waals surface area contributed by atoms with Crippen LogP contribution in [0.3, 0.4) is 0 Å². The Hall–Kier alpha value is -2.09. The van der Waals surface area contributed by atoms with E-state index in [0.29, 0.717) is 5.69 Å². The van der Waals surface area contributed by atoms with Crippen LogP contribution in [0.4, 0.5) is 0 Å².